The van der Waals surface area contributed by atoms with Crippen LogP contribution in [0.2, 0.25) is 0 Å². The van der Waals surface area contributed by atoms with Crippen molar-refractivity contribution >= 4 is 11.8 Å². The molecule has 0 saturated carbocycles. The predicted molar refractivity (Wildman–Crippen MR) is 76.9 cm³/mol. The Hall–Kier alpha value is -1.00. The molecule has 1 rings (SSSR count). The number of ether oxygens (including phenoxy) is 1. The molecule has 18 heavy (non-hydrogen) atoms. The molecule has 0 spiro atoms. The predicted octanol–water partition coefficient (Wildman–Crippen LogP) is 3.40. The highest BCUT2D eigenvalue weighted by Crippen LogP contribution is 2.21. The van der Waals surface area contributed by atoms with E-state index in [1.807, 2.05) is 30.8 Å². The molecule has 0 heterocycles. The molecule has 1 atom stereocenters. The number of hydrogen-bond acceptors (Lipinski definition) is 3. The summed E-state index contributed by atoms with van der Waals surface area (Å²) in [4.78, 5) is 0. The Labute approximate surface area is 113 Å². The van der Waals surface area contributed by atoms with Gasteiger partial charge >= 0.3 is 0 Å². The summed E-state index contributed by atoms with van der Waals surface area (Å²) in [5.41, 5.74) is 0.932. The fraction of sp³-hybridized carbons (Fsp3) is 0.429. The molecule has 0 aromatic heterocycles. The lowest BCUT2D eigenvalue weighted by atomic mass is 10.1. The van der Waals surface area contributed by atoms with Crippen LogP contribution in [-0.2, 0) is 0 Å². The number of nitrogens with one attached hydrogen (secondary N) is 1. The van der Waals surface area contributed by atoms with Gasteiger partial charge in [0.25, 0.3) is 0 Å². The summed E-state index contributed by atoms with van der Waals surface area (Å²) in [6.07, 6.45) is 1.90. The van der Waals surface area contributed by atoms with E-state index in [1.165, 1.54) is 13.2 Å². The molecular formula is C14H20FNOS. The Morgan fingerprint density at radius 2 is 2.33 bits per heavy atom. The summed E-state index contributed by atoms with van der Waals surface area (Å²) in [7, 11) is 1.47. The molecule has 100 valence electrons. The molecule has 0 bridgehead atoms. The molecule has 0 aliphatic rings. The summed E-state index contributed by atoms with van der Waals surface area (Å²) >= 11 is 1.83. The maximum Gasteiger partial charge on any atom is 0.165 e. The second kappa shape index (κ2) is 8.16. The minimum Gasteiger partial charge on any atom is -0.494 e. The van der Waals surface area contributed by atoms with Gasteiger partial charge in [0.1, 0.15) is 0 Å². The smallest absolute Gasteiger partial charge is 0.165 e. The van der Waals surface area contributed by atoms with Crippen LogP contribution in [0.25, 0.3) is 0 Å². The van der Waals surface area contributed by atoms with Crippen LogP contribution in [0.3, 0.4) is 0 Å². The third kappa shape index (κ3) is 4.70. The normalized spacial score (nSPS) is 12.2. The van der Waals surface area contributed by atoms with Crippen molar-refractivity contribution in [1.82, 2.24) is 5.32 Å². The Bertz CT molecular complexity index is 384. The first kappa shape index (κ1) is 15.1. The molecule has 1 aromatic carbocycles. The van der Waals surface area contributed by atoms with E-state index in [1.54, 1.807) is 6.07 Å². The minimum absolute atomic E-state index is 0.134. The van der Waals surface area contributed by atoms with Crippen LogP contribution in [0.15, 0.2) is 30.9 Å². The number of benzene rings is 1. The first-order chi connectivity index (χ1) is 8.69. The molecule has 1 unspecified atom stereocenters. The molecule has 0 aliphatic carbocycles. The fourth-order valence-corrected chi connectivity index (χ4v) is 2.18. The highest BCUT2D eigenvalue weighted by Gasteiger charge is 2.08. The Balaban J connectivity index is 2.43. The summed E-state index contributed by atoms with van der Waals surface area (Å²) in [6, 6.07) is 5.20. The standard InChI is InChI=1S/C14H20FNOS/c1-4-8-18-9-7-16-11(2)12-5-6-14(17-3)13(15)10-12/h4-6,10-11,16H,1,7-9H2,2-3H3. The lowest BCUT2D eigenvalue weighted by Crippen LogP contribution is -2.21. The van der Waals surface area contributed by atoms with Crippen molar-refractivity contribution in [3.8, 4) is 5.75 Å². The monoisotopic (exact) mass is 269 g/mol. The summed E-state index contributed by atoms with van der Waals surface area (Å²) < 4.78 is 18.4. The molecule has 0 radical (unpaired) electrons. The van der Waals surface area contributed by atoms with Gasteiger partial charge in [0.2, 0.25) is 0 Å². The first-order valence-corrected chi connectivity index (χ1v) is 7.10. The van der Waals surface area contributed by atoms with Crippen molar-refractivity contribution in [1.29, 1.82) is 0 Å². The molecule has 0 saturated heterocycles. The number of thioether (sulfide) groups is 1. The van der Waals surface area contributed by atoms with Crippen LogP contribution >= 0.6 is 11.8 Å². The van der Waals surface area contributed by atoms with Gasteiger partial charge in [-0.1, -0.05) is 12.1 Å². The van der Waals surface area contributed by atoms with Crippen LogP contribution in [0.4, 0.5) is 4.39 Å². The van der Waals surface area contributed by atoms with Crippen molar-refractivity contribution in [3.63, 3.8) is 0 Å². The Kier molecular flexibility index (Phi) is 6.83. The average Bonchev–Trinajstić information content (AvgIpc) is 2.38. The molecule has 1 N–H and O–H groups in total. The van der Waals surface area contributed by atoms with Gasteiger partial charge < -0.3 is 10.1 Å². The van der Waals surface area contributed by atoms with E-state index in [-0.39, 0.29) is 17.6 Å². The van der Waals surface area contributed by atoms with Gasteiger partial charge in [-0.3, -0.25) is 0 Å². The van der Waals surface area contributed by atoms with Crippen molar-refractivity contribution in [2.75, 3.05) is 25.2 Å². The van der Waals surface area contributed by atoms with Crippen molar-refractivity contribution in [3.05, 3.63) is 42.2 Å². The van der Waals surface area contributed by atoms with Crippen LogP contribution in [0.5, 0.6) is 5.75 Å². The van der Waals surface area contributed by atoms with Crippen LogP contribution in [0.1, 0.15) is 18.5 Å². The minimum atomic E-state index is -0.315. The van der Waals surface area contributed by atoms with Crippen LogP contribution < -0.4 is 10.1 Å². The van der Waals surface area contributed by atoms with Crippen molar-refractivity contribution in [2.24, 2.45) is 0 Å². The lowest BCUT2D eigenvalue weighted by Gasteiger charge is -2.14. The molecule has 0 amide bonds. The van der Waals surface area contributed by atoms with Gasteiger partial charge in [-0.05, 0) is 24.6 Å². The first-order valence-electron chi connectivity index (χ1n) is 5.94. The SMILES string of the molecule is C=CCSCCNC(C)c1ccc(OC)c(F)c1. The number of rotatable bonds is 8. The van der Waals surface area contributed by atoms with Crippen molar-refractivity contribution < 1.29 is 9.13 Å². The van der Waals surface area contributed by atoms with Gasteiger partial charge in [0.15, 0.2) is 11.6 Å². The van der Waals surface area contributed by atoms with E-state index in [4.69, 9.17) is 4.74 Å². The van der Waals surface area contributed by atoms with Crippen LogP contribution in [0, 0.1) is 5.82 Å². The highest BCUT2D eigenvalue weighted by atomic mass is 32.2. The van der Waals surface area contributed by atoms with Crippen LogP contribution in [-0.4, -0.2) is 25.2 Å². The number of methoxy groups -OCH3 is 1. The largest absolute Gasteiger partial charge is 0.494 e. The van der Waals surface area contributed by atoms with Gasteiger partial charge in [-0.2, -0.15) is 11.8 Å². The Morgan fingerprint density at radius 1 is 1.56 bits per heavy atom. The zero-order chi connectivity index (χ0) is 13.4. The zero-order valence-electron chi connectivity index (χ0n) is 10.9. The van der Waals surface area contributed by atoms with Gasteiger partial charge in [-0.15, -0.1) is 6.58 Å². The van der Waals surface area contributed by atoms with Crippen molar-refractivity contribution in [2.45, 2.75) is 13.0 Å². The summed E-state index contributed by atoms with van der Waals surface area (Å²) in [5, 5.41) is 3.36. The summed E-state index contributed by atoms with van der Waals surface area (Å²) in [5.74, 6) is 1.96. The Morgan fingerprint density at radius 3 is 2.94 bits per heavy atom. The third-order valence-electron chi connectivity index (χ3n) is 2.61. The zero-order valence-corrected chi connectivity index (χ0v) is 11.7. The third-order valence-corrected chi connectivity index (χ3v) is 3.57. The van der Waals surface area contributed by atoms with E-state index in [0.29, 0.717) is 0 Å². The molecule has 0 aliphatic heterocycles. The fourth-order valence-electron chi connectivity index (χ4n) is 1.58. The molecule has 2 nitrogen and oxygen atoms in total. The van der Waals surface area contributed by atoms with E-state index in [9.17, 15) is 4.39 Å². The maximum atomic E-state index is 13.5. The van der Waals surface area contributed by atoms with E-state index in [2.05, 4.69) is 11.9 Å². The van der Waals surface area contributed by atoms with E-state index >= 15 is 0 Å². The highest BCUT2D eigenvalue weighted by molar-refractivity contribution is 7.99. The molecule has 4 heteroatoms. The second-order valence-corrected chi connectivity index (χ2v) is 5.08. The van der Waals surface area contributed by atoms with Gasteiger partial charge in [0.05, 0.1) is 7.11 Å². The number of halogens is 1. The summed E-state index contributed by atoms with van der Waals surface area (Å²) in [6.45, 7) is 6.60. The topological polar surface area (TPSA) is 21.3 Å². The molecule has 1 aromatic rings. The maximum absolute atomic E-state index is 13.5. The van der Waals surface area contributed by atoms with Gasteiger partial charge in [0, 0.05) is 24.1 Å². The second-order valence-electron chi connectivity index (χ2n) is 3.93. The number of hydrogen-bond donors (Lipinski definition) is 1. The van der Waals surface area contributed by atoms with E-state index in [0.717, 1.165) is 23.6 Å². The quantitative estimate of drug-likeness (QED) is 0.577. The molecule has 0 fully saturated rings. The van der Waals surface area contributed by atoms with Gasteiger partial charge in [-0.25, -0.2) is 4.39 Å². The lowest BCUT2D eigenvalue weighted by molar-refractivity contribution is 0.385. The van der Waals surface area contributed by atoms with E-state index < -0.39 is 0 Å². The average molecular weight is 269 g/mol. The molecular weight excluding hydrogens is 249 g/mol.